The number of amides is 1. The first-order valence-electron chi connectivity index (χ1n) is 7.88. The first-order valence-corrected chi connectivity index (χ1v) is 7.88. The van der Waals surface area contributed by atoms with E-state index < -0.39 is 11.0 Å². The summed E-state index contributed by atoms with van der Waals surface area (Å²) in [4.78, 5) is 26.3. The Morgan fingerprint density at radius 3 is 2.56 bits per heavy atom. The van der Waals surface area contributed by atoms with Gasteiger partial charge in [-0.3, -0.25) is 15.4 Å². The fourth-order valence-corrected chi connectivity index (χ4v) is 2.41. The molecular weight excluding hydrogens is 352 g/mol. The summed E-state index contributed by atoms with van der Waals surface area (Å²) in [5.74, 6) is 0.733. The number of nitro benzene ring substituents is 1. The van der Waals surface area contributed by atoms with Crippen LogP contribution in [0.3, 0.4) is 0 Å². The molecule has 0 unspecified atom stereocenters. The zero-order valence-corrected chi connectivity index (χ0v) is 14.6. The summed E-state index contributed by atoms with van der Waals surface area (Å²) in [6.45, 7) is 1.88. The summed E-state index contributed by atoms with van der Waals surface area (Å²) in [5, 5.41) is 13.2. The van der Waals surface area contributed by atoms with Crippen molar-refractivity contribution in [2.24, 2.45) is 0 Å². The number of nitro groups is 1. The van der Waals surface area contributed by atoms with Crippen molar-refractivity contribution >= 4 is 17.5 Å². The second-order valence-electron chi connectivity index (χ2n) is 5.57. The number of carbonyl (C=O) groups is 1. The van der Waals surface area contributed by atoms with Crippen molar-refractivity contribution in [2.75, 3.05) is 12.4 Å². The van der Waals surface area contributed by atoms with Crippen LogP contribution in [0, 0.1) is 17.0 Å². The third kappa shape index (κ3) is 4.21. The minimum absolute atomic E-state index is 0.0854. The van der Waals surface area contributed by atoms with E-state index in [1.54, 1.807) is 24.5 Å². The van der Waals surface area contributed by atoms with E-state index in [9.17, 15) is 14.9 Å². The van der Waals surface area contributed by atoms with Gasteiger partial charge in [0.15, 0.2) is 0 Å². The molecule has 3 rings (SSSR count). The molecule has 1 aromatic heterocycles. The Morgan fingerprint density at radius 2 is 1.96 bits per heavy atom. The van der Waals surface area contributed by atoms with E-state index >= 15 is 0 Å². The molecule has 0 aliphatic rings. The zero-order chi connectivity index (χ0) is 19.4. The number of hydrogen-bond donors (Lipinski definition) is 1. The van der Waals surface area contributed by atoms with Crippen LogP contribution >= 0.6 is 0 Å². The average Bonchev–Trinajstić information content (AvgIpc) is 3.08. The zero-order valence-electron chi connectivity index (χ0n) is 14.6. The Bertz CT molecular complexity index is 982. The number of aryl methyl sites for hydroxylation is 1. The highest BCUT2D eigenvalue weighted by molar-refractivity contribution is 5.87. The van der Waals surface area contributed by atoms with Crippen LogP contribution < -0.4 is 14.8 Å². The summed E-state index contributed by atoms with van der Waals surface area (Å²) in [7, 11) is 1.53. The van der Waals surface area contributed by atoms with Gasteiger partial charge in [0.2, 0.25) is 0 Å². The fourth-order valence-electron chi connectivity index (χ4n) is 2.41. The van der Waals surface area contributed by atoms with Crippen molar-refractivity contribution in [3.63, 3.8) is 0 Å². The minimum atomic E-state index is -0.725. The van der Waals surface area contributed by atoms with Gasteiger partial charge < -0.3 is 14.0 Å². The van der Waals surface area contributed by atoms with Crippen molar-refractivity contribution < 1.29 is 19.2 Å². The smallest absolute Gasteiger partial charge is 0.417 e. The van der Waals surface area contributed by atoms with Gasteiger partial charge >= 0.3 is 6.09 Å². The highest BCUT2D eigenvalue weighted by atomic mass is 16.6. The second-order valence-corrected chi connectivity index (χ2v) is 5.57. The SMILES string of the molecule is COc1cc(NC(=O)Oc2ccc([N+](=O)[O-])cc2)ccc1-n1cnc(C)c1. The number of methoxy groups -OCH3 is 1. The molecule has 2 aromatic carbocycles. The van der Waals surface area contributed by atoms with Gasteiger partial charge in [0.1, 0.15) is 11.5 Å². The average molecular weight is 368 g/mol. The van der Waals surface area contributed by atoms with E-state index in [2.05, 4.69) is 10.3 Å². The molecular formula is C18H16N4O5. The molecule has 138 valence electrons. The van der Waals surface area contributed by atoms with Gasteiger partial charge in [-0.15, -0.1) is 0 Å². The second kappa shape index (κ2) is 7.56. The molecule has 1 heterocycles. The van der Waals surface area contributed by atoms with Crippen LogP contribution in [-0.2, 0) is 0 Å². The maximum absolute atomic E-state index is 12.0. The predicted molar refractivity (Wildman–Crippen MR) is 97.6 cm³/mol. The van der Waals surface area contributed by atoms with Gasteiger partial charge in [-0.1, -0.05) is 0 Å². The number of nitrogens with zero attached hydrogens (tertiary/aromatic N) is 3. The van der Waals surface area contributed by atoms with Crippen LogP contribution in [0.4, 0.5) is 16.2 Å². The molecule has 9 nitrogen and oxygen atoms in total. The lowest BCUT2D eigenvalue weighted by Crippen LogP contribution is -2.16. The number of non-ortho nitro benzene ring substituents is 1. The molecule has 0 fully saturated rings. The molecule has 1 amide bonds. The lowest BCUT2D eigenvalue weighted by Gasteiger charge is -2.12. The van der Waals surface area contributed by atoms with Crippen molar-refractivity contribution in [2.45, 2.75) is 6.92 Å². The summed E-state index contributed by atoms with van der Waals surface area (Å²) < 4.78 is 12.3. The molecule has 1 N–H and O–H groups in total. The lowest BCUT2D eigenvalue weighted by atomic mass is 10.2. The number of aromatic nitrogens is 2. The van der Waals surface area contributed by atoms with Crippen molar-refractivity contribution in [1.82, 2.24) is 9.55 Å². The molecule has 0 atom stereocenters. The number of hydrogen-bond acceptors (Lipinski definition) is 6. The maximum Gasteiger partial charge on any atom is 0.417 e. The Morgan fingerprint density at radius 1 is 1.22 bits per heavy atom. The van der Waals surface area contributed by atoms with Crippen LogP contribution in [0.5, 0.6) is 11.5 Å². The number of anilines is 1. The standard InChI is InChI=1S/C18H16N4O5/c1-12-10-21(11-19-12)16-8-3-13(9-17(16)26-2)20-18(23)27-15-6-4-14(5-7-15)22(24)25/h3-11H,1-2H3,(H,20,23). The number of carbonyl (C=O) groups excluding carboxylic acids is 1. The normalized spacial score (nSPS) is 10.3. The van der Waals surface area contributed by atoms with Crippen LogP contribution in [0.1, 0.15) is 5.69 Å². The van der Waals surface area contributed by atoms with Gasteiger partial charge in [0, 0.05) is 30.1 Å². The Balaban J connectivity index is 1.71. The molecule has 9 heteroatoms. The first kappa shape index (κ1) is 17.9. The molecule has 0 saturated heterocycles. The molecule has 0 radical (unpaired) electrons. The molecule has 0 bridgehead atoms. The van der Waals surface area contributed by atoms with E-state index in [1.165, 1.54) is 31.4 Å². The Hall–Kier alpha value is -3.88. The molecule has 3 aromatic rings. The molecule has 0 saturated carbocycles. The van der Waals surface area contributed by atoms with E-state index in [0.29, 0.717) is 11.4 Å². The highest BCUT2D eigenvalue weighted by Crippen LogP contribution is 2.27. The lowest BCUT2D eigenvalue weighted by molar-refractivity contribution is -0.384. The molecule has 27 heavy (non-hydrogen) atoms. The third-order valence-electron chi connectivity index (χ3n) is 3.67. The summed E-state index contributed by atoms with van der Waals surface area (Å²) >= 11 is 0. The van der Waals surface area contributed by atoms with E-state index in [-0.39, 0.29) is 11.4 Å². The van der Waals surface area contributed by atoms with Gasteiger partial charge in [-0.25, -0.2) is 9.78 Å². The van der Waals surface area contributed by atoms with Crippen LogP contribution in [0.25, 0.3) is 5.69 Å². The number of benzene rings is 2. The Kier molecular flexibility index (Phi) is 5.02. The van der Waals surface area contributed by atoms with Crippen molar-refractivity contribution in [3.8, 4) is 17.2 Å². The minimum Gasteiger partial charge on any atom is -0.494 e. The first-order chi connectivity index (χ1) is 13.0. The quantitative estimate of drug-likeness (QED) is 0.543. The maximum atomic E-state index is 12.0. The van der Waals surface area contributed by atoms with Crippen molar-refractivity contribution in [3.05, 3.63) is 70.8 Å². The number of ether oxygens (including phenoxy) is 2. The fraction of sp³-hybridized carbons (Fsp3) is 0.111. The highest BCUT2D eigenvalue weighted by Gasteiger charge is 2.11. The summed E-state index contributed by atoms with van der Waals surface area (Å²) in [6, 6.07) is 10.3. The van der Waals surface area contributed by atoms with Crippen LogP contribution in [-0.4, -0.2) is 27.7 Å². The summed E-state index contributed by atoms with van der Waals surface area (Å²) in [5.41, 5.74) is 2.02. The number of imidazole rings is 1. The van der Waals surface area contributed by atoms with Gasteiger partial charge in [-0.05, 0) is 31.2 Å². The number of rotatable bonds is 5. The summed E-state index contributed by atoms with van der Waals surface area (Å²) in [6.07, 6.45) is 2.80. The van der Waals surface area contributed by atoms with Crippen LogP contribution in [0.15, 0.2) is 55.0 Å². The van der Waals surface area contributed by atoms with E-state index in [1.807, 2.05) is 17.7 Å². The van der Waals surface area contributed by atoms with Gasteiger partial charge in [0.25, 0.3) is 5.69 Å². The predicted octanol–water partition coefficient (Wildman–Crippen LogP) is 3.71. The molecule has 0 aliphatic heterocycles. The Labute approximate surface area is 154 Å². The van der Waals surface area contributed by atoms with Crippen LogP contribution in [0.2, 0.25) is 0 Å². The van der Waals surface area contributed by atoms with Gasteiger partial charge in [-0.2, -0.15) is 0 Å². The number of nitrogens with one attached hydrogen (secondary N) is 1. The molecule has 0 aliphatic carbocycles. The third-order valence-corrected chi connectivity index (χ3v) is 3.67. The largest absolute Gasteiger partial charge is 0.494 e. The van der Waals surface area contributed by atoms with E-state index in [4.69, 9.17) is 9.47 Å². The topological polar surface area (TPSA) is 109 Å². The monoisotopic (exact) mass is 368 g/mol. The molecule has 0 spiro atoms. The van der Waals surface area contributed by atoms with E-state index in [0.717, 1.165) is 11.4 Å². The van der Waals surface area contributed by atoms with Gasteiger partial charge in [0.05, 0.1) is 29.7 Å². The van der Waals surface area contributed by atoms with Crippen molar-refractivity contribution in [1.29, 1.82) is 0 Å².